The Bertz CT molecular complexity index is 820. The van der Waals surface area contributed by atoms with Crippen molar-refractivity contribution in [1.82, 2.24) is 9.80 Å². The van der Waals surface area contributed by atoms with Gasteiger partial charge in [0.25, 0.3) is 5.91 Å². The first-order chi connectivity index (χ1) is 13.8. The number of nitrogens with zero attached hydrogens (tertiary/aromatic N) is 2. The molecular formula is C23H28N2O4. The van der Waals surface area contributed by atoms with Crippen molar-refractivity contribution in [2.45, 2.75) is 26.4 Å². The maximum absolute atomic E-state index is 12.4. The van der Waals surface area contributed by atoms with E-state index in [-0.39, 0.29) is 18.6 Å². The summed E-state index contributed by atoms with van der Waals surface area (Å²) < 4.78 is 11.0. The third-order valence-corrected chi connectivity index (χ3v) is 4.61. The summed E-state index contributed by atoms with van der Waals surface area (Å²) in [4.78, 5) is 27.9. The van der Waals surface area contributed by atoms with Gasteiger partial charge in [-0.1, -0.05) is 42.5 Å². The molecule has 0 aromatic heterocycles. The summed E-state index contributed by atoms with van der Waals surface area (Å²) in [7, 11) is 0. The van der Waals surface area contributed by atoms with Crippen LogP contribution < -0.4 is 4.74 Å². The van der Waals surface area contributed by atoms with Crippen molar-refractivity contribution in [3.8, 4) is 16.9 Å². The minimum atomic E-state index is -0.520. The van der Waals surface area contributed by atoms with Crippen LogP contribution in [0.25, 0.3) is 11.1 Å². The fraction of sp³-hybridized carbons (Fsp3) is 0.391. The third-order valence-electron chi connectivity index (χ3n) is 4.61. The fourth-order valence-electron chi connectivity index (χ4n) is 3.08. The molecule has 0 atom stereocenters. The highest BCUT2D eigenvalue weighted by Crippen LogP contribution is 2.22. The Kier molecular flexibility index (Phi) is 6.42. The molecule has 2 aromatic rings. The predicted octanol–water partition coefficient (Wildman–Crippen LogP) is 3.81. The van der Waals surface area contributed by atoms with Crippen molar-refractivity contribution in [2.24, 2.45) is 0 Å². The first-order valence-electron chi connectivity index (χ1n) is 9.86. The molecule has 0 unspecified atom stereocenters. The molecule has 1 fully saturated rings. The van der Waals surface area contributed by atoms with Gasteiger partial charge in [0, 0.05) is 26.2 Å². The number of amides is 2. The van der Waals surface area contributed by atoms with E-state index in [2.05, 4.69) is 12.1 Å². The molecule has 1 aliphatic heterocycles. The quantitative estimate of drug-likeness (QED) is 0.789. The summed E-state index contributed by atoms with van der Waals surface area (Å²) in [5.74, 6) is 0.575. The van der Waals surface area contributed by atoms with Gasteiger partial charge in [0.15, 0.2) is 6.61 Å². The van der Waals surface area contributed by atoms with Gasteiger partial charge in [0.1, 0.15) is 11.4 Å². The summed E-state index contributed by atoms with van der Waals surface area (Å²) in [6, 6.07) is 17.8. The van der Waals surface area contributed by atoms with E-state index in [0.29, 0.717) is 31.9 Å². The molecule has 0 N–H and O–H groups in total. The van der Waals surface area contributed by atoms with E-state index in [1.165, 1.54) is 0 Å². The Balaban J connectivity index is 1.45. The van der Waals surface area contributed by atoms with Crippen LogP contribution in [0.3, 0.4) is 0 Å². The van der Waals surface area contributed by atoms with Crippen LogP contribution in [-0.2, 0) is 9.53 Å². The molecule has 3 rings (SSSR count). The molecule has 6 heteroatoms. The number of ether oxygens (including phenoxy) is 2. The lowest BCUT2D eigenvalue weighted by Gasteiger charge is -2.35. The van der Waals surface area contributed by atoms with E-state index >= 15 is 0 Å². The number of hydrogen-bond acceptors (Lipinski definition) is 4. The number of benzene rings is 2. The molecule has 2 aromatic carbocycles. The average molecular weight is 396 g/mol. The predicted molar refractivity (Wildman–Crippen MR) is 112 cm³/mol. The highest BCUT2D eigenvalue weighted by molar-refractivity contribution is 5.78. The van der Waals surface area contributed by atoms with Crippen LogP contribution in [0.1, 0.15) is 20.8 Å². The molecular weight excluding hydrogens is 368 g/mol. The van der Waals surface area contributed by atoms with Crippen LogP contribution in [0.2, 0.25) is 0 Å². The average Bonchev–Trinajstić information content (AvgIpc) is 2.72. The maximum atomic E-state index is 12.4. The summed E-state index contributed by atoms with van der Waals surface area (Å²) in [5, 5.41) is 0. The van der Waals surface area contributed by atoms with Crippen molar-refractivity contribution < 1.29 is 19.1 Å². The van der Waals surface area contributed by atoms with Crippen LogP contribution in [0, 0.1) is 0 Å². The number of piperazine rings is 1. The minimum Gasteiger partial charge on any atom is -0.484 e. The van der Waals surface area contributed by atoms with Gasteiger partial charge in [-0.3, -0.25) is 4.79 Å². The summed E-state index contributed by atoms with van der Waals surface area (Å²) in [6.45, 7) is 7.40. The van der Waals surface area contributed by atoms with E-state index in [1.807, 2.05) is 63.2 Å². The molecule has 29 heavy (non-hydrogen) atoms. The van der Waals surface area contributed by atoms with Crippen molar-refractivity contribution >= 4 is 12.0 Å². The van der Waals surface area contributed by atoms with Gasteiger partial charge in [-0.05, 0) is 44.0 Å². The lowest BCUT2D eigenvalue weighted by Crippen LogP contribution is -2.52. The molecule has 0 saturated carbocycles. The van der Waals surface area contributed by atoms with Gasteiger partial charge in [0.2, 0.25) is 0 Å². The Morgan fingerprint density at radius 2 is 1.38 bits per heavy atom. The van der Waals surface area contributed by atoms with Gasteiger partial charge < -0.3 is 19.3 Å². The van der Waals surface area contributed by atoms with Crippen LogP contribution in [-0.4, -0.2) is 60.2 Å². The minimum absolute atomic E-state index is 0.0167. The molecule has 2 amide bonds. The third kappa shape index (κ3) is 5.98. The van der Waals surface area contributed by atoms with Crippen molar-refractivity contribution in [1.29, 1.82) is 0 Å². The second-order valence-electron chi connectivity index (χ2n) is 8.03. The number of hydrogen-bond donors (Lipinski definition) is 0. The van der Waals surface area contributed by atoms with E-state index in [4.69, 9.17) is 9.47 Å². The smallest absolute Gasteiger partial charge is 0.410 e. The van der Waals surface area contributed by atoms with E-state index in [0.717, 1.165) is 11.1 Å². The standard InChI is InChI=1S/C23H28N2O4/c1-23(2,3)29-22(27)25-15-13-24(14-16-25)21(26)17-28-20-11-9-19(10-12-20)18-7-5-4-6-8-18/h4-12H,13-17H2,1-3H3. The number of carbonyl (C=O) groups is 2. The van der Waals surface area contributed by atoms with Crippen LogP contribution >= 0.6 is 0 Å². The van der Waals surface area contributed by atoms with Crippen LogP contribution in [0.15, 0.2) is 54.6 Å². The SMILES string of the molecule is CC(C)(C)OC(=O)N1CCN(C(=O)COc2ccc(-c3ccccc3)cc2)CC1. The van der Waals surface area contributed by atoms with Gasteiger partial charge in [-0.25, -0.2) is 4.79 Å². The second kappa shape index (κ2) is 8.99. The van der Waals surface area contributed by atoms with Gasteiger partial charge in [-0.2, -0.15) is 0 Å². The summed E-state index contributed by atoms with van der Waals surface area (Å²) >= 11 is 0. The Hall–Kier alpha value is -3.02. The highest BCUT2D eigenvalue weighted by Gasteiger charge is 2.27. The monoisotopic (exact) mass is 396 g/mol. The maximum Gasteiger partial charge on any atom is 0.410 e. The summed E-state index contributed by atoms with van der Waals surface area (Å²) in [6.07, 6.45) is -0.334. The Morgan fingerprint density at radius 3 is 1.97 bits per heavy atom. The van der Waals surface area contributed by atoms with E-state index in [9.17, 15) is 9.59 Å². The van der Waals surface area contributed by atoms with Crippen molar-refractivity contribution in [3.05, 3.63) is 54.6 Å². The van der Waals surface area contributed by atoms with Crippen molar-refractivity contribution in [3.63, 3.8) is 0 Å². The van der Waals surface area contributed by atoms with E-state index in [1.54, 1.807) is 9.80 Å². The van der Waals surface area contributed by atoms with Crippen LogP contribution in [0.4, 0.5) is 4.79 Å². The Morgan fingerprint density at radius 1 is 0.828 bits per heavy atom. The molecule has 0 aliphatic carbocycles. The topological polar surface area (TPSA) is 59.1 Å². The Labute approximate surface area is 172 Å². The molecule has 0 spiro atoms. The number of carbonyl (C=O) groups excluding carboxylic acids is 2. The van der Waals surface area contributed by atoms with Crippen molar-refractivity contribution in [2.75, 3.05) is 32.8 Å². The van der Waals surface area contributed by atoms with Gasteiger partial charge >= 0.3 is 6.09 Å². The fourth-order valence-corrected chi connectivity index (χ4v) is 3.08. The first-order valence-corrected chi connectivity index (χ1v) is 9.86. The molecule has 1 saturated heterocycles. The zero-order valence-corrected chi connectivity index (χ0v) is 17.3. The first kappa shape index (κ1) is 20.7. The molecule has 0 bridgehead atoms. The molecule has 0 radical (unpaired) electrons. The zero-order valence-electron chi connectivity index (χ0n) is 17.3. The zero-order chi connectivity index (χ0) is 20.9. The van der Waals surface area contributed by atoms with E-state index < -0.39 is 5.60 Å². The lowest BCUT2D eigenvalue weighted by atomic mass is 10.1. The summed E-state index contributed by atoms with van der Waals surface area (Å²) in [5.41, 5.74) is 1.72. The molecule has 1 aliphatic rings. The van der Waals surface area contributed by atoms with Gasteiger partial charge in [0.05, 0.1) is 0 Å². The highest BCUT2D eigenvalue weighted by atomic mass is 16.6. The van der Waals surface area contributed by atoms with Crippen LogP contribution in [0.5, 0.6) is 5.75 Å². The molecule has 1 heterocycles. The largest absolute Gasteiger partial charge is 0.484 e. The van der Waals surface area contributed by atoms with Gasteiger partial charge in [-0.15, -0.1) is 0 Å². The second-order valence-corrected chi connectivity index (χ2v) is 8.03. The normalized spacial score (nSPS) is 14.4. The molecule has 6 nitrogen and oxygen atoms in total. The number of rotatable bonds is 4. The molecule has 154 valence electrons. The lowest BCUT2D eigenvalue weighted by molar-refractivity contribution is -0.135.